The van der Waals surface area contributed by atoms with Gasteiger partial charge in [-0.15, -0.1) is 0 Å². The molecule has 1 atom stereocenters. The van der Waals surface area contributed by atoms with E-state index < -0.39 is 5.60 Å². The van der Waals surface area contributed by atoms with Crippen molar-refractivity contribution in [3.05, 3.63) is 28.8 Å². The van der Waals surface area contributed by atoms with Gasteiger partial charge in [0.05, 0.1) is 12.7 Å². The fourth-order valence-corrected chi connectivity index (χ4v) is 2.96. The van der Waals surface area contributed by atoms with Gasteiger partial charge in [-0.05, 0) is 61.9 Å². The molecule has 0 radical (unpaired) electrons. The molecule has 2 nitrogen and oxygen atoms in total. The summed E-state index contributed by atoms with van der Waals surface area (Å²) in [4.78, 5) is 0. The average Bonchev–Trinajstić information content (AvgIpc) is 2.26. The second-order valence-electron chi connectivity index (χ2n) is 5.91. The molecule has 0 aliphatic heterocycles. The van der Waals surface area contributed by atoms with Gasteiger partial charge in [-0.25, -0.2) is 0 Å². The van der Waals surface area contributed by atoms with E-state index in [9.17, 15) is 5.11 Å². The number of rotatable bonds is 4. The van der Waals surface area contributed by atoms with E-state index in [1.807, 2.05) is 26.8 Å². The van der Waals surface area contributed by atoms with Gasteiger partial charge >= 0.3 is 0 Å². The molecule has 0 spiro atoms. The minimum Gasteiger partial charge on any atom is -0.496 e. The molecule has 18 heavy (non-hydrogen) atoms. The van der Waals surface area contributed by atoms with Crippen molar-refractivity contribution in [1.29, 1.82) is 0 Å². The summed E-state index contributed by atoms with van der Waals surface area (Å²) < 4.78 is 5.33. The summed E-state index contributed by atoms with van der Waals surface area (Å²) in [6, 6.07) is 4.10. The van der Waals surface area contributed by atoms with Crippen LogP contribution in [-0.2, 0) is 5.60 Å². The zero-order valence-corrected chi connectivity index (χ0v) is 11.9. The Kier molecular flexibility index (Phi) is 3.67. The molecule has 1 N–H and O–H groups in total. The van der Waals surface area contributed by atoms with Gasteiger partial charge in [0.2, 0.25) is 0 Å². The van der Waals surface area contributed by atoms with Crippen LogP contribution in [0.4, 0.5) is 0 Å². The zero-order valence-electron chi connectivity index (χ0n) is 11.9. The number of benzene rings is 1. The molecule has 1 aromatic carbocycles. The maximum atomic E-state index is 10.7. The highest BCUT2D eigenvalue weighted by molar-refractivity contribution is 5.43. The maximum absolute atomic E-state index is 10.7. The van der Waals surface area contributed by atoms with E-state index in [1.165, 1.54) is 19.3 Å². The number of hydrogen-bond donors (Lipinski definition) is 1. The largest absolute Gasteiger partial charge is 0.496 e. The zero-order chi connectivity index (χ0) is 13.3. The normalized spacial score (nSPS) is 19.2. The minimum absolute atomic E-state index is 0.696. The highest BCUT2D eigenvalue weighted by Gasteiger charge is 2.31. The lowest BCUT2D eigenvalue weighted by Crippen LogP contribution is -2.28. The second kappa shape index (κ2) is 4.93. The van der Waals surface area contributed by atoms with Gasteiger partial charge in [-0.1, -0.05) is 19.3 Å². The summed E-state index contributed by atoms with van der Waals surface area (Å²) in [5.74, 6) is 1.59. The number of aliphatic hydroxyl groups is 1. The predicted molar refractivity (Wildman–Crippen MR) is 74.0 cm³/mol. The van der Waals surface area contributed by atoms with Gasteiger partial charge in [0.25, 0.3) is 0 Å². The van der Waals surface area contributed by atoms with Gasteiger partial charge in [0, 0.05) is 0 Å². The smallest absolute Gasteiger partial charge is 0.122 e. The van der Waals surface area contributed by atoms with Gasteiger partial charge in [-0.3, -0.25) is 0 Å². The third-order valence-corrected chi connectivity index (χ3v) is 4.23. The first-order valence-corrected chi connectivity index (χ1v) is 6.82. The molecule has 0 aromatic heterocycles. The summed E-state index contributed by atoms with van der Waals surface area (Å²) in [6.07, 6.45) is 4.73. The van der Waals surface area contributed by atoms with E-state index in [-0.39, 0.29) is 0 Å². The molecule has 0 saturated heterocycles. The quantitative estimate of drug-likeness (QED) is 0.880. The SMILES string of the molecule is COc1cc(C)c(C(C)(O)CC2CCC2)cc1C. The Balaban J connectivity index is 2.27. The molecule has 1 aliphatic rings. The van der Waals surface area contributed by atoms with Crippen molar-refractivity contribution in [3.63, 3.8) is 0 Å². The third-order valence-electron chi connectivity index (χ3n) is 4.23. The Morgan fingerprint density at radius 3 is 2.44 bits per heavy atom. The molecule has 100 valence electrons. The van der Waals surface area contributed by atoms with Crippen molar-refractivity contribution in [2.45, 2.75) is 52.1 Å². The molecule has 2 heteroatoms. The van der Waals surface area contributed by atoms with E-state index in [1.54, 1.807) is 7.11 Å². The monoisotopic (exact) mass is 248 g/mol. The Morgan fingerprint density at radius 2 is 1.94 bits per heavy atom. The molecule has 1 unspecified atom stereocenters. The molecule has 0 bridgehead atoms. The van der Waals surface area contributed by atoms with Crippen molar-refractivity contribution in [3.8, 4) is 5.75 Å². The molecule has 1 aromatic rings. The lowest BCUT2D eigenvalue weighted by Gasteiger charge is -2.34. The van der Waals surface area contributed by atoms with E-state index in [0.29, 0.717) is 5.92 Å². The van der Waals surface area contributed by atoms with Crippen LogP contribution in [0.5, 0.6) is 5.75 Å². The van der Waals surface area contributed by atoms with E-state index >= 15 is 0 Å². The fourth-order valence-electron chi connectivity index (χ4n) is 2.96. The Bertz CT molecular complexity index is 431. The van der Waals surface area contributed by atoms with Crippen LogP contribution >= 0.6 is 0 Å². The minimum atomic E-state index is -0.716. The third kappa shape index (κ3) is 2.54. The lowest BCUT2D eigenvalue weighted by atomic mass is 9.75. The molecule has 1 fully saturated rings. The molecule has 0 heterocycles. The first-order chi connectivity index (χ1) is 8.44. The lowest BCUT2D eigenvalue weighted by molar-refractivity contribution is 0.0155. The van der Waals surface area contributed by atoms with Crippen LogP contribution < -0.4 is 4.74 Å². The van der Waals surface area contributed by atoms with Crippen molar-refractivity contribution in [1.82, 2.24) is 0 Å². The molecule has 2 rings (SSSR count). The van der Waals surface area contributed by atoms with Crippen LogP contribution in [0.1, 0.15) is 49.3 Å². The number of hydrogen-bond acceptors (Lipinski definition) is 2. The van der Waals surface area contributed by atoms with Crippen molar-refractivity contribution < 1.29 is 9.84 Å². The van der Waals surface area contributed by atoms with E-state index in [4.69, 9.17) is 4.74 Å². The topological polar surface area (TPSA) is 29.5 Å². The Labute approximate surface area is 110 Å². The molecular formula is C16H24O2. The fraction of sp³-hybridized carbons (Fsp3) is 0.625. The number of aryl methyl sites for hydroxylation is 2. The first-order valence-electron chi connectivity index (χ1n) is 6.82. The van der Waals surface area contributed by atoms with Crippen LogP contribution in [0.25, 0.3) is 0 Å². The highest BCUT2D eigenvalue weighted by Crippen LogP contribution is 2.40. The van der Waals surface area contributed by atoms with Gasteiger partial charge in [0.15, 0.2) is 0 Å². The van der Waals surface area contributed by atoms with Crippen LogP contribution in [0.2, 0.25) is 0 Å². The van der Waals surface area contributed by atoms with Crippen molar-refractivity contribution in [2.75, 3.05) is 7.11 Å². The van der Waals surface area contributed by atoms with E-state index in [0.717, 1.165) is 28.9 Å². The summed E-state index contributed by atoms with van der Waals surface area (Å²) in [5, 5.41) is 10.7. The highest BCUT2D eigenvalue weighted by atomic mass is 16.5. The van der Waals surface area contributed by atoms with Gasteiger partial charge < -0.3 is 9.84 Å². The summed E-state index contributed by atoms with van der Waals surface area (Å²) >= 11 is 0. The van der Waals surface area contributed by atoms with Crippen LogP contribution in [0, 0.1) is 19.8 Å². The van der Waals surface area contributed by atoms with Crippen molar-refractivity contribution >= 4 is 0 Å². The Hall–Kier alpha value is -1.02. The Morgan fingerprint density at radius 1 is 1.28 bits per heavy atom. The number of methoxy groups -OCH3 is 1. The summed E-state index contributed by atoms with van der Waals surface area (Å²) in [7, 11) is 1.69. The van der Waals surface area contributed by atoms with Gasteiger partial charge in [-0.2, -0.15) is 0 Å². The average molecular weight is 248 g/mol. The number of ether oxygens (including phenoxy) is 1. The first kappa shape index (κ1) is 13.4. The molecular weight excluding hydrogens is 224 g/mol. The van der Waals surface area contributed by atoms with Gasteiger partial charge in [0.1, 0.15) is 5.75 Å². The van der Waals surface area contributed by atoms with Crippen LogP contribution in [0.3, 0.4) is 0 Å². The molecule has 1 aliphatic carbocycles. The molecule has 0 amide bonds. The van der Waals surface area contributed by atoms with Crippen LogP contribution in [0.15, 0.2) is 12.1 Å². The second-order valence-corrected chi connectivity index (χ2v) is 5.91. The molecule has 1 saturated carbocycles. The van der Waals surface area contributed by atoms with Crippen molar-refractivity contribution in [2.24, 2.45) is 5.92 Å². The standard InChI is InChI=1S/C16H24O2/c1-11-9-15(18-4)12(2)8-14(11)16(3,17)10-13-6-5-7-13/h8-9,13,17H,5-7,10H2,1-4H3. The maximum Gasteiger partial charge on any atom is 0.122 e. The van der Waals surface area contributed by atoms with E-state index in [2.05, 4.69) is 6.07 Å². The summed E-state index contributed by atoms with van der Waals surface area (Å²) in [6.45, 7) is 6.02. The predicted octanol–water partition coefficient (Wildman–Crippen LogP) is 3.71. The van der Waals surface area contributed by atoms with Crippen LogP contribution in [-0.4, -0.2) is 12.2 Å². The summed E-state index contributed by atoms with van der Waals surface area (Å²) in [5.41, 5.74) is 2.54.